The number of nitrogens with zero attached hydrogens (tertiary/aromatic N) is 2. The summed E-state index contributed by atoms with van der Waals surface area (Å²) < 4.78 is 39.4. The van der Waals surface area contributed by atoms with E-state index in [1.54, 1.807) is 24.4 Å². The molecule has 0 N–H and O–H groups in total. The number of likely N-dealkylation sites (tertiary alicyclic amines) is 1. The molecule has 28 heavy (non-hydrogen) atoms. The number of fused-ring (bicyclic) bond motifs is 3. The standard InChI is InChI=1S/C22H19FN2O2S/c23-18-6-3-16(4-7-18)17-5-8-21-19(10-17)20-13-25(14-22(20)28(21,26)27)12-15-2-1-9-24-11-15/h1-11,20,22H,12-14H2/t20-,22+/m0/s1. The molecular weight excluding hydrogens is 375 g/mol. The summed E-state index contributed by atoms with van der Waals surface area (Å²) in [4.78, 5) is 6.79. The number of hydrogen-bond acceptors (Lipinski definition) is 4. The number of rotatable bonds is 3. The van der Waals surface area contributed by atoms with E-state index in [1.807, 2.05) is 30.5 Å². The van der Waals surface area contributed by atoms with Crippen LogP contribution in [0.5, 0.6) is 0 Å². The number of aromatic nitrogens is 1. The normalized spacial score (nSPS) is 22.8. The molecule has 0 bridgehead atoms. The van der Waals surface area contributed by atoms with Gasteiger partial charge >= 0.3 is 0 Å². The predicted molar refractivity (Wildman–Crippen MR) is 105 cm³/mol. The zero-order valence-corrected chi connectivity index (χ0v) is 15.9. The summed E-state index contributed by atoms with van der Waals surface area (Å²) in [5.74, 6) is -0.313. The van der Waals surface area contributed by atoms with E-state index in [1.165, 1.54) is 12.1 Å². The van der Waals surface area contributed by atoms with E-state index >= 15 is 0 Å². The third-order valence-electron chi connectivity index (χ3n) is 5.76. The summed E-state index contributed by atoms with van der Waals surface area (Å²) in [6.07, 6.45) is 3.56. The molecule has 0 saturated carbocycles. The number of benzene rings is 2. The third-order valence-corrected chi connectivity index (χ3v) is 8.02. The smallest absolute Gasteiger partial charge is 0.183 e. The van der Waals surface area contributed by atoms with Gasteiger partial charge in [0.2, 0.25) is 0 Å². The maximum Gasteiger partial charge on any atom is 0.183 e. The van der Waals surface area contributed by atoms with E-state index in [9.17, 15) is 12.8 Å². The molecule has 1 fully saturated rings. The lowest BCUT2D eigenvalue weighted by molar-refractivity contribution is 0.325. The number of sulfone groups is 1. The molecule has 3 heterocycles. The first-order valence-electron chi connectivity index (χ1n) is 9.27. The average molecular weight is 394 g/mol. The highest BCUT2D eigenvalue weighted by molar-refractivity contribution is 7.92. The second kappa shape index (κ2) is 6.50. The molecule has 2 atom stereocenters. The monoisotopic (exact) mass is 394 g/mol. The van der Waals surface area contributed by atoms with Crippen LogP contribution >= 0.6 is 0 Å². The van der Waals surface area contributed by atoms with Gasteiger partial charge in [-0.15, -0.1) is 0 Å². The van der Waals surface area contributed by atoms with Gasteiger partial charge in [-0.2, -0.15) is 0 Å². The lowest BCUT2D eigenvalue weighted by atomic mass is 9.94. The molecule has 0 spiro atoms. The Kier molecular flexibility index (Phi) is 4.07. The number of hydrogen-bond donors (Lipinski definition) is 0. The van der Waals surface area contributed by atoms with Crippen molar-refractivity contribution in [1.82, 2.24) is 9.88 Å². The van der Waals surface area contributed by atoms with Gasteiger partial charge in [0.05, 0.1) is 10.1 Å². The van der Waals surface area contributed by atoms with Gasteiger partial charge in [-0.3, -0.25) is 9.88 Å². The summed E-state index contributed by atoms with van der Waals surface area (Å²) in [7, 11) is -3.33. The minimum Gasteiger partial charge on any atom is -0.297 e. The molecule has 0 radical (unpaired) electrons. The van der Waals surface area contributed by atoms with E-state index in [0.29, 0.717) is 24.5 Å². The van der Waals surface area contributed by atoms with E-state index in [-0.39, 0.29) is 11.7 Å². The van der Waals surface area contributed by atoms with Crippen molar-refractivity contribution in [1.29, 1.82) is 0 Å². The van der Waals surface area contributed by atoms with Gasteiger partial charge < -0.3 is 0 Å². The molecule has 6 heteroatoms. The van der Waals surface area contributed by atoms with Gasteiger partial charge in [-0.1, -0.05) is 24.3 Å². The van der Waals surface area contributed by atoms with Crippen molar-refractivity contribution in [2.24, 2.45) is 0 Å². The Labute approximate surface area is 163 Å². The van der Waals surface area contributed by atoms with E-state index < -0.39 is 15.1 Å². The van der Waals surface area contributed by atoms with Gasteiger partial charge in [-0.25, -0.2) is 12.8 Å². The molecular formula is C22H19FN2O2S. The first-order chi connectivity index (χ1) is 13.5. The zero-order chi connectivity index (χ0) is 19.3. The Hall–Kier alpha value is -2.57. The second-order valence-corrected chi connectivity index (χ2v) is 9.64. The number of pyridine rings is 1. The summed E-state index contributed by atoms with van der Waals surface area (Å²) in [5, 5.41) is -0.400. The molecule has 0 aliphatic carbocycles. The topological polar surface area (TPSA) is 50.3 Å². The van der Waals surface area contributed by atoms with Crippen LogP contribution in [0.2, 0.25) is 0 Å². The SMILES string of the molecule is O=S1(=O)c2ccc(-c3ccc(F)cc3)cc2[C@@H]2CN(Cc3cccnc3)C[C@H]21. The van der Waals surface area contributed by atoms with Crippen LogP contribution in [0.4, 0.5) is 4.39 Å². The first kappa shape index (κ1) is 17.5. The van der Waals surface area contributed by atoms with E-state index in [0.717, 1.165) is 22.3 Å². The Bertz CT molecular complexity index is 1130. The van der Waals surface area contributed by atoms with Crippen LogP contribution < -0.4 is 0 Å². The lowest BCUT2D eigenvalue weighted by Gasteiger charge is -2.17. The molecule has 3 aromatic rings. The molecule has 1 saturated heterocycles. The van der Waals surface area contributed by atoms with Crippen LogP contribution in [0.1, 0.15) is 17.0 Å². The van der Waals surface area contributed by atoms with Crippen molar-refractivity contribution in [3.63, 3.8) is 0 Å². The molecule has 2 aliphatic heterocycles. The van der Waals surface area contributed by atoms with E-state index in [2.05, 4.69) is 9.88 Å². The summed E-state index contributed by atoms with van der Waals surface area (Å²) in [5.41, 5.74) is 3.77. The van der Waals surface area contributed by atoms with Crippen molar-refractivity contribution in [3.05, 3.63) is 83.9 Å². The van der Waals surface area contributed by atoms with Crippen LogP contribution in [-0.4, -0.2) is 36.6 Å². The van der Waals surface area contributed by atoms with Crippen molar-refractivity contribution in [2.45, 2.75) is 22.6 Å². The van der Waals surface area contributed by atoms with Gasteiger partial charge in [0, 0.05) is 37.9 Å². The van der Waals surface area contributed by atoms with Crippen LogP contribution in [0, 0.1) is 5.82 Å². The van der Waals surface area contributed by atoms with Crippen molar-refractivity contribution in [2.75, 3.05) is 13.1 Å². The Balaban J connectivity index is 1.48. The summed E-state index contributed by atoms with van der Waals surface area (Å²) in [6, 6.07) is 15.7. The maximum atomic E-state index is 13.2. The Morgan fingerprint density at radius 2 is 1.82 bits per heavy atom. The highest BCUT2D eigenvalue weighted by atomic mass is 32.2. The van der Waals surface area contributed by atoms with Crippen LogP contribution in [0.3, 0.4) is 0 Å². The Morgan fingerprint density at radius 1 is 1.04 bits per heavy atom. The van der Waals surface area contributed by atoms with Gasteiger partial charge in [0.15, 0.2) is 9.84 Å². The van der Waals surface area contributed by atoms with Crippen molar-refractivity contribution in [3.8, 4) is 11.1 Å². The molecule has 2 aliphatic rings. The van der Waals surface area contributed by atoms with Crippen LogP contribution in [-0.2, 0) is 16.4 Å². The highest BCUT2D eigenvalue weighted by Gasteiger charge is 2.50. The zero-order valence-electron chi connectivity index (χ0n) is 15.1. The number of halogens is 1. The molecule has 142 valence electrons. The van der Waals surface area contributed by atoms with Gasteiger partial charge in [0.1, 0.15) is 5.82 Å². The fraction of sp³-hybridized carbons (Fsp3) is 0.227. The lowest BCUT2D eigenvalue weighted by Crippen LogP contribution is -2.25. The minimum absolute atomic E-state index is 0.0305. The summed E-state index contributed by atoms with van der Waals surface area (Å²) >= 11 is 0. The molecule has 4 nitrogen and oxygen atoms in total. The largest absolute Gasteiger partial charge is 0.297 e. The quantitative estimate of drug-likeness (QED) is 0.681. The fourth-order valence-corrected chi connectivity index (χ4v) is 6.62. The predicted octanol–water partition coefficient (Wildman–Crippen LogP) is 3.64. The third kappa shape index (κ3) is 2.84. The van der Waals surface area contributed by atoms with E-state index in [4.69, 9.17) is 0 Å². The van der Waals surface area contributed by atoms with Crippen LogP contribution in [0.25, 0.3) is 11.1 Å². The van der Waals surface area contributed by atoms with Crippen molar-refractivity contribution >= 4 is 9.84 Å². The molecule has 0 unspecified atom stereocenters. The minimum atomic E-state index is -3.33. The Morgan fingerprint density at radius 3 is 2.57 bits per heavy atom. The first-order valence-corrected chi connectivity index (χ1v) is 10.8. The van der Waals surface area contributed by atoms with Crippen LogP contribution in [0.15, 0.2) is 71.9 Å². The fourth-order valence-electron chi connectivity index (χ4n) is 4.43. The van der Waals surface area contributed by atoms with Crippen molar-refractivity contribution < 1.29 is 12.8 Å². The van der Waals surface area contributed by atoms with Gasteiger partial charge in [0.25, 0.3) is 0 Å². The molecule has 2 aromatic carbocycles. The van der Waals surface area contributed by atoms with Gasteiger partial charge in [-0.05, 0) is 52.6 Å². The molecule has 0 amide bonds. The second-order valence-electron chi connectivity index (χ2n) is 7.50. The maximum absolute atomic E-state index is 13.2. The molecule has 5 rings (SSSR count). The summed E-state index contributed by atoms with van der Waals surface area (Å²) in [6.45, 7) is 1.93. The molecule has 1 aromatic heterocycles. The average Bonchev–Trinajstić information content (AvgIpc) is 3.21. The highest BCUT2D eigenvalue weighted by Crippen LogP contribution is 2.46.